The van der Waals surface area contributed by atoms with E-state index in [2.05, 4.69) is 10.3 Å². The lowest BCUT2D eigenvalue weighted by molar-refractivity contribution is -0.136. The third-order valence-corrected chi connectivity index (χ3v) is 8.84. The molecule has 1 aliphatic heterocycles. The van der Waals surface area contributed by atoms with E-state index < -0.39 is 52.0 Å². The number of hydrogen-bond donors (Lipinski definition) is 2. The molecule has 0 radical (unpaired) electrons. The zero-order valence-corrected chi connectivity index (χ0v) is 23.2. The Hall–Kier alpha value is -4.30. The number of benzene rings is 2. The molecule has 0 atom stereocenters. The van der Waals surface area contributed by atoms with Gasteiger partial charge in [-0.05, 0) is 65.2 Å². The first-order chi connectivity index (χ1) is 20.2. The van der Waals surface area contributed by atoms with Gasteiger partial charge in [-0.1, -0.05) is 12.1 Å². The second kappa shape index (κ2) is 11.4. The number of furan rings is 1. The maximum absolute atomic E-state index is 14.0. The summed E-state index contributed by atoms with van der Waals surface area (Å²) in [5, 5.41) is 2.68. The molecule has 2 aromatic carbocycles. The first-order valence-corrected chi connectivity index (χ1v) is 14.4. The Morgan fingerprint density at radius 3 is 2.37 bits per heavy atom. The van der Waals surface area contributed by atoms with Crippen molar-refractivity contribution in [1.82, 2.24) is 14.6 Å². The Morgan fingerprint density at radius 1 is 1.05 bits per heavy atom. The fourth-order valence-corrected chi connectivity index (χ4v) is 6.05. The SMILES string of the molecule is Nc1ccc(C=CC(=O)NCc2cc3cc(-c4ccc(S(=O)(=O)N5CCC(F)(F)CC5)cc4)cc(C(F)(F)F)c3o2)cn1. The van der Waals surface area contributed by atoms with Crippen molar-refractivity contribution in [3.63, 3.8) is 0 Å². The zero-order chi connectivity index (χ0) is 31.0. The van der Waals surface area contributed by atoms with Crippen LogP contribution < -0.4 is 11.1 Å². The zero-order valence-electron chi connectivity index (χ0n) is 22.4. The molecule has 226 valence electrons. The number of piperidine rings is 1. The molecule has 4 aromatic rings. The molecule has 1 fully saturated rings. The fourth-order valence-electron chi connectivity index (χ4n) is 4.61. The van der Waals surface area contributed by atoms with Crippen molar-refractivity contribution in [3.05, 3.63) is 83.8 Å². The van der Waals surface area contributed by atoms with Crippen LogP contribution in [-0.4, -0.2) is 42.6 Å². The van der Waals surface area contributed by atoms with Crippen LogP contribution in [0.5, 0.6) is 0 Å². The molecule has 1 aliphatic rings. The second-order valence-electron chi connectivity index (χ2n) is 10.0. The van der Waals surface area contributed by atoms with E-state index in [4.69, 9.17) is 10.2 Å². The third-order valence-electron chi connectivity index (χ3n) is 6.93. The number of nitrogens with two attached hydrogens (primary N) is 1. The van der Waals surface area contributed by atoms with Crippen LogP contribution in [0.4, 0.5) is 27.8 Å². The molecule has 3 heterocycles. The number of carbonyl (C=O) groups excluding carboxylic acids is 1. The number of nitrogen functional groups attached to an aromatic ring is 1. The highest BCUT2D eigenvalue weighted by Gasteiger charge is 2.39. The number of pyridine rings is 1. The van der Waals surface area contributed by atoms with Crippen LogP contribution in [0.2, 0.25) is 0 Å². The highest BCUT2D eigenvalue weighted by atomic mass is 32.2. The van der Waals surface area contributed by atoms with E-state index in [0.29, 0.717) is 16.9 Å². The molecule has 0 aliphatic carbocycles. The lowest BCUT2D eigenvalue weighted by atomic mass is 10.0. The summed E-state index contributed by atoms with van der Waals surface area (Å²) in [6.07, 6.45) is -1.74. The lowest BCUT2D eigenvalue weighted by Gasteiger charge is -2.30. The number of alkyl halides is 5. The summed E-state index contributed by atoms with van der Waals surface area (Å²) >= 11 is 0. The summed E-state index contributed by atoms with van der Waals surface area (Å²) in [5.74, 6) is -3.02. The van der Waals surface area contributed by atoms with Gasteiger partial charge in [0.2, 0.25) is 15.9 Å². The predicted octanol–water partition coefficient (Wildman–Crippen LogP) is 5.85. The van der Waals surface area contributed by atoms with E-state index in [-0.39, 0.29) is 41.2 Å². The van der Waals surface area contributed by atoms with Crippen molar-refractivity contribution in [2.24, 2.45) is 0 Å². The van der Waals surface area contributed by atoms with Gasteiger partial charge >= 0.3 is 6.18 Å². The van der Waals surface area contributed by atoms with Gasteiger partial charge in [0.1, 0.15) is 17.2 Å². The number of rotatable bonds is 7. The van der Waals surface area contributed by atoms with E-state index in [1.54, 1.807) is 12.1 Å². The van der Waals surface area contributed by atoms with Crippen LogP contribution >= 0.6 is 0 Å². The Balaban J connectivity index is 1.35. The lowest BCUT2D eigenvalue weighted by Crippen LogP contribution is -2.42. The van der Waals surface area contributed by atoms with Gasteiger partial charge in [-0.25, -0.2) is 22.2 Å². The highest BCUT2D eigenvalue weighted by molar-refractivity contribution is 7.89. The topological polar surface area (TPSA) is 119 Å². The van der Waals surface area contributed by atoms with E-state index >= 15 is 0 Å². The Labute approximate surface area is 243 Å². The Morgan fingerprint density at radius 2 is 1.74 bits per heavy atom. The predicted molar refractivity (Wildman–Crippen MR) is 149 cm³/mol. The number of anilines is 1. The minimum atomic E-state index is -4.78. The quantitative estimate of drug-likeness (QED) is 0.198. The van der Waals surface area contributed by atoms with Gasteiger partial charge in [0, 0.05) is 43.6 Å². The summed E-state index contributed by atoms with van der Waals surface area (Å²) < 4.78 is 101. The molecule has 0 unspecified atom stereocenters. The summed E-state index contributed by atoms with van der Waals surface area (Å²) in [4.78, 5) is 16.0. The minimum Gasteiger partial charge on any atom is -0.459 e. The molecule has 8 nitrogen and oxygen atoms in total. The average Bonchev–Trinajstić information content (AvgIpc) is 3.37. The summed E-state index contributed by atoms with van der Waals surface area (Å²) in [6, 6.07) is 12.2. The molecule has 0 saturated carbocycles. The number of nitrogens with one attached hydrogen (secondary N) is 1. The maximum Gasteiger partial charge on any atom is 0.420 e. The van der Waals surface area contributed by atoms with Crippen molar-refractivity contribution in [2.45, 2.75) is 36.4 Å². The van der Waals surface area contributed by atoms with Gasteiger partial charge < -0.3 is 15.5 Å². The first kappa shape index (κ1) is 30.2. The van der Waals surface area contributed by atoms with Crippen molar-refractivity contribution in [3.8, 4) is 11.1 Å². The summed E-state index contributed by atoms with van der Waals surface area (Å²) in [7, 11) is -4.05. The molecule has 2 aromatic heterocycles. The van der Waals surface area contributed by atoms with Crippen LogP contribution in [0, 0.1) is 0 Å². The van der Waals surface area contributed by atoms with Crippen molar-refractivity contribution < 1.29 is 39.6 Å². The van der Waals surface area contributed by atoms with Crippen molar-refractivity contribution in [2.75, 3.05) is 18.8 Å². The van der Waals surface area contributed by atoms with Crippen molar-refractivity contribution in [1.29, 1.82) is 0 Å². The van der Waals surface area contributed by atoms with E-state index in [1.165, 1.54) is 54.7 Å². The molecule has 1 saturated heterocycles. The van der Waals surface area contributed by atoms with Crippen LogP contribution in [0.15, 0.2) is 76.2 Å². The summed E-state index contributed by atoms with van der Waals surface area (Å²) in [5.41, 5.74) is 5.14. The second-order valence-corrected chi connectivity index (χ2v) is 11.9. The van der Waals surface area contributed by atoms with E-state index in [0.717, 1.165) is 10.4 Å². The van der Waals surface area contributed by atoms with Gasteiger partial charge in [-0.3, -0.25) is 4.79 Å². The molecule has 43 heavy (non-hydrogen) atoms. The molecule has 0 spiro atoms. The smallest absolute Gasteiger partial charge is 0.420 e. The number of fused-ring (bicyclic) bond motifs is 1. The van der Waals surface area contributed by atoms with Crippen LogP contribution in [0.25, 0.3) is 28.2 Å². The normalized spacial score (nSPS) is 16.1. The van der Waals surface area contributed by atoms with Gasteiger partial charge in [0.25, 0.3) is 5.92 Å². The van der Waals surface area contributed by atoms with Gasteiger partial charge in [-0.2, -0.15) is 17.5 Å². The Bertz CT molecular complexity index is 1770. The highest BCUT2D eigenvalue weighted by Crippen LogP contribution is 2.40. The Kier molecular flexibility index (Phi) is 8.01. The standard InChI is InChI=1S/C29H25F5N4O4S/c30-28(31)9-11-38(12-10-28)43(40,41)23-5-3-19(4-6-23)20-13-21-14-22(42-27(21)24(15-20)29(32,33)34)17-37-26(39)8-2-18-1-7-25(35)36-16-18/h1-8,13-16H,9-12,17H2,(H2,35,36)(H,37,39). The fraction of sp³-hybridized carbons (Fsp3) is 0.241. The van der Waals surface area contributed by atoms with Gasteiger partial charge in [0.05, 0.1) is 17.0 Å². The maximum atomic E-state index is 14.0. The minimum absolute atomic E-state index is 0.0853. The molecule has 5 rings (SSSR count). The average molecular weight is 621 g/mol. The third kappa shape index (κ3) is 6.86. The summed E-state index contributed by atoms with van der Waals surface area (Å²) in [6.45, 7) is -0.843. The largest absolute Gasteiger partial charge is 0.459 e. The number of aromatic nitrogens is 1. The van der Waals surface area contributed by atoms with E-state index in [9.17, 15) is 35.2 Å². The molecule has 14 heteroatoms. The molecular formula is C29H25F5N4O4S. The van der Waals surface area contributed by atoms with Crippen LogP contribution in [0.1, 0.15) is 29.7 Å². The molecule has 0 bridgehead atoms. The van der Waals surface area contributed by atoms with E-state index in [1.807, 2.05) is 0 Å². The molecule has 1 amide bonds. The number of carbonyl (C=O) groups is 1. The van der Waals surface area contributed by atoms with Gasteiger partial charge in [-0.15, -0.1) is 0 Å². The first-order valence-electron chi connectivity index (χ1n) is 13.0. The van der Waals surface area contributed by atoms with Crippen LogP contribution in [-0.2, 0) is 27.5 Å². The number of hydrogen-bond acceptors (Lipinski definition) is 6. The van der Waals surface area contributed by atoms with Crippen molar-refractivity contribution >= 4 is 38.8 Å². The number of halogens is 5. The molecule has 3 N–H and O–H groups in total. The number of nitrogens with zero attached hydrogens (tertiary/aromatic N) is 2. The number of amides is 1. The monoisotopic (exact) mass is 620 g/mol. The number of sulfonamides is 1. The van der Waals surface area contributed by atoms with Crippen LogP contribution in [0.3, 0.4) is 0 Å². The molecular weight excluding hydrogens is 595 g/mol. The van der Waals surface area contributed by atoms with Gasteiger partial charge in [0.15, 0.2) is 0 Å².